The number of hydrogen-bond donors (Lipinski definition) is 0. The van der Waals surface area contributed by atoms with Gasteiger partial charge in [0.25, 0.3) is 6.43 Å². The van der Waals surface area contributed by atoms with Gasteiger partial charge in [0, 0.05) is 34.8 Å². The molecule has 2 heterocycles. The molecule has 7 heteroatoms. The molecule has 0 fully saturated rings. The van der Waals surface area contributed by atoms with Crippen LogP contribution in [0.4, 0.5) is 8.78 Å². The number of hydrogen-bond acceptors (Lipinski definition) is 5. The Bertz CT molecular complexity index is 877. The zero-order chi connectivity index (χ0) is 17.3. The molecule has 0 saturated carbocycles. The molecule has 1 aromatic heterocycles. The number of carbonyl (C=O) groups excluding carboxylic acids is 2. The monoisotopic (exact) mass is 344 g/mol. The van der Waals surface area contributed by atoms with Crippen LogP contribution in [0.3, 0.4) is 0 Å². The van der Waals surface area contributed by atoms with Gasteiger partial charge in [-0.2, -0.15) is 5.26 Å². The molecule has 0 amide bonds. The standard InChI is InChI=1S/C17H10F2N2O2S/c18-17(19)11-4-9(7-20)3-10(5-11)13(22)6-15-16(23)12-8-21-2-1-14(12)24-15/h1-5,8,15,17H,6H2. The van der Waals surface area contributed by atoms with Crippen molar-refractivity contribution in [1.29, 1.82) is 5.26 Å². The van der Waals surface area contributed by atoms with Gasteiger partial charge in [0.1, 0.15) is 0 Å². The van der Waals surface area contributed by atoms with E-state index in [4.69, 9.17) is 5.26 Å². The molecule has 0 spiro atoms. The smallest absolute Gasteiger partial charge is 0.263 e. The summed E-state index contributed by atoms with van der Waals surface area (Å²) < 4.78 is 25.8. The van der Waals surface area contributed by atoms with E-state index in [1.165, 1.54) is 24.0 Å². The first-order chi connectivity index (χ1) is 11.5. The predicted octanol–water partition coefficient (Wildman–Crippen LogP) is 3.82. The fourth-order valence-electron chi connectivity index (χ4n) is 2.47. The van der Waals surface area contributed by atoms with E-state index in [1.807, 2.05) is 0 Å². The number of carbonyl (C=O) groups is 2. The molecule has 1 unspecified atom stereocenters. The van der Waals surface area contributed by atoms with Crippen molar-refractivity contribution in [3.63, 3.8) is 0 Å². The summed E-state index contributed by atoms with van der Waals surface area (Å²) in [6, 6.07) is 6.87. The number of fused-ring (bicyclic) bond motifs is 1. The molecule has 0 radical (unpaired) electrons. The van der Waals surface area contributed by atoms with Gasteiger partial charge in [0.2, 0.25) is 0 Å². The summed E-state index contributed by atoms with van der Waals surface area (Å²) >= 11 is 1.26. The lowest BCUT2D eigenvalue weighted by Crippen LogP contribution is -2.17. The number of alkyl halides is 2. The van der Waals surface area contributed by atoms with Crippen LogP contribution in [0.1, 0.15) is 44.7 Å². The molecule has 1 atom stereocenters. The van der Waals surface area contributed by atoms with Crippen molar-refractivity contribution in [1.82, 2.24) is 4.98 Å². The van der Waals surface area contributed by atoms with Gasteiger partial charge in [0.15, 0.2) is 11.6 Å². The predicted molar refractivity (Wildman–Crippen MR) is 83.3 cm³/mol. The number of pyridine rings is 1. The zero-order valence-electron chi connectivity index (χ0n) is 12.2. The summed E-state index contributed by atoms with van der Waals surface area (Å²) in [7, 11) is 0. The van der Waals surface area contributed by atoms with E-state index < -0.39 is 17.5 Å². The molecule has 4 nitrogen and oxygen atoms in total. The molecule has 3 rings (SSSR count). The summed E-state index contributed by atoms with van der Waals surface area (Å²) in [4.78, 5) is 29.3. The number of benzene rings is 1. The molecule has 24 heavy (non-hydrogen) atoms. The number of nitriles is 1. The minimum absolute atomic E-state index is 0.00552. The molecule has 0 saturated heterocycles. The second kappa shape index (κ2) is 6.49. The van der Waals surface area contributed by atoms with Crippen molar-refractivity contribution in [2.75, 3.05) is 0 Å². The molecule has 1 aliphatic heterocycles. The highest BCUT2D eigenvalue weighted by molar-refractivity contribution is 8.01. The molecule has 2 aromatic rings. The van der Waals surface area contributed by atoms with Crippen LogP contribution in [0.15, 0.2) is 41.6 Å². The van der Waals surface area contributed by atoms with Gasteiger partial charge in [-0.15, -0.1) is 11.8 Å². The molecular formula is C17H10F2N2O2S. The maximum Gasteiger partial charge on any atom is 0.263 e. The van der Waals surface area contributed by atoms with E-state index in [0.29, 0.717) is 5.56 Å². The van der Waals surface area contributed by atoms with Crippen LogP contribution in [0.2, 0.25) is 0 Å². The van der Waals surface area contributed by atoms with Crippen LogP contribution in [-0.4, -0.2) is 21.8 Å². The molecular weight excluding hydrogens is 334 g/mol. The van der Waals surface area contributed by atoms with E-state index in [0.717, 1.165) is 17.0 Å². The number of ketones is 2. The molecule has 0 N–H and O–H groups in total. The van der Waals surface area contributed by atoms with Crippen LogP contribution < -0.4 is 0 Å². The van der Waals surface area contributed by atoms with Crippen LogP contribution in [-0.2, 0) is 0 Å². The minimum atomic E-state index is -2.78. The van der Waals surface area contributed by atoms with Gasteiger partial charge in [-0.05, 0) is 24.3 Å². The number of halogens is 2. The molecule has 0 aliphatic carbocycles. The molecule has 1 aliphatic rings. The fourth-order valence-corrected chi connectivity index (χ4v) is 3.67. The van der Waals surface area contributed by atoms with Crippen molar-refractivity contribution in [3.8, 4) is 6.07 Å². The topological polar surface area (TPSA) is 70.8 Å². The Balaban J connectivity index is 1.83. The van der Waals surface area contributed by atoms with E-state index in [9.17, 15) is 18.4 Å². The summed E-state index contributed by atoms with van der Waals surface area (Å²) in [5.41, 5.74) is 0.107. The lowest BCUT2D eigenvalue weighted by molar-refractivity contribution is 0.0925. The Morgan fingerprint density at radius 1 is 1.38 bits per heavy atom. The highest BCUT2D eigenvalue weighted by atomic mass is 32.2. The SMILES string of the molecule is N#Cc1cc(C(=O)CC2Sc3ccncc3C2=O)cc(C(F)F)c1. The van der Waals surface area contributed by atoms with Crippen molar-refractivity contribution < 1.29 is 18.4 Å². The number of nitrogens with zero attached hydrogens (tertiary/aromatic N) is 2. The van der Waals surface area contributed by atoms with Crippen LogP contribution in [0.25, 0.3) is 0 Å². The highest BCUT2D eigenvalue weighted by Gasteiger charge is 2.33. The van der Waals surface area contributed by atoms with Gasteiger partial charge >= 0.3 is 0 Å². The summed E-state index contributed by atoms with van der Waals surface area (Å²) in [5.74, 6) is -0.636. The lowest BCUT2D eigenvalue weighted by Gasteiger charge is -2.08. The van der Waals surface area contributed by atoms with E-state index in [-0.39, 0.29) is 28.9 Å². The summed E-state index contributed by atoms with van der Waals surface area (Å²) in [6.45, 7) is 0. The Morgan fingerprint density at radius 2 is 2.17 bits per heavy atom. The zero-order valence-corrected chi connectivity index (χ0v) is 13.0. The third-order valence-electron chi connectivity index (χ3n) is 3.64. The Hall–Kier alpha value is -2.59. The van der Waals surface area contributed by atoms with Gasteiger partial charge in [-0.3, -0.25) is 14.6 Å². The van der Waals surface area contributed by atoms with Crippen molar-refractivity contribution in [2.24, 2.45) is 0 Å². The molecule has 1 aromatic carbocycles. The van der Waals surface area contributed by atoms with Gasteiger partial charge in [-0.25, -0.2) is 8.78 Å². The quantitative estimate of drug-likeness (QED) is 0.789. The van der Waals surface area contributed by atoms with Gasteiger partial charge in [0.05, 0.1) is 22.4 Å². The van der Waals surface area contributed by atoms with E-state index in [1.54, 1.807) is 18.3 Å². The number of rotatable bonds is 4. The Kier molecular flexibility index (Phi) is 4.40. The lowest BCUT2D eigenvalue weighted by atomic mass is 9.99. The maximum atomic E-state index is 12.9. The van der Waals surface area contributed by atoms with Crippen molar-refractivity contribution in [2.45, 2.75) is 23.0 Å². The Morgan fingerprint density at radius 3 is 2.83 bits per heavy atom. The van der Waals surface area contributed by atoms with E-state index >= 15 is 0 Å². The minimum Gasteiger partial charge on any atom is -0.294 e. The fraction of sp³-hybridized carbons (Fsp3) is 0.176. The first-order valence-electron chi connectivity index (χ1n) is 7.01. The first kappa shape index (κ1) is 16.3. The van der Waals surface area contributed by atoms with Crippen molar-refractivity contribution in [3.05, 3.63) is 58.9 Å². The van der Waals surface area contributed by atoms with Crippen LogP contribution in [0, 0.1) is 11.3 Å². The van der Waals surface area contributed by atoms with Crippen LogP contribution in [0.5, 0.6) is 0 Å². The van der Waals surface area contributed by atoms with E-state index in [2.05, 4.69) is 4.98 Å². The first-order valence-corrected chi connectivity index (χ1v) is 7.89. The average molecular weight is 344 g/mol. The number of Topliss-reactive ketones (excluding diaryl/α,β-unsaturated/α-hetero) is 2. The molecule has 120 valence electrons. The number of aromatic nitrogens is 1. The highest BCUT2D eigenvalue weighted by Crippen LogP contribution is 2.38. The third kappa shape index (κ3) is 3.05. The third-order valence-corrected chi connectivity index (χ3v) is 4.91. The summed E-state index contributed by atoms with van der Waals surface area (Å²) in [5, 5.41) is 8.32. The second-order valence-electron chi connectivity index (χ2n) is 5.23. The number of thioether (sulfide) groups is 1. The largest absolute Gasteiger partial charge is 0.294 e. The van der Waals surface area contributed by atoms with Gasteiger partial charge < -0.3 is 0 Å². The van der Waals surface area contributed by atoms with Crippen LogP contribution >= 0.6 is 11.8 Å². The maximum absolute atomic E-state index is 12.9. The summed E-state index contributed by atoms with van der Waals surface area (Å²) in [6.07, 6.45) is 0.132. The molecule has 0 bridgehead atoms. The average Bonchev–Trinajstić information content (AvgIpc) is 2.90. The Labute approximate surface area is 140 Å². The normalized spacial score (nSPS) is 16.1. The second-order valence-corrected chi connectivity index (χ2v) is 6.47. The van der Waals surface area contributed by atoms with Crippen molar-refractivity contribution >= 4 is 23.3 Å². The van der Waals surface area contributed by atoms with Gasteiger partial charge in [-0.1, -0.05) is 0 Å².